The van der Waals surface area contributed by atoms with Gasteiger partial charge in [-0.2, -0.15) is 13.2 Å². The second-order valence-corrected chi connectivity index (χ2v) is 7.80. The highest BCUT2D eigenvalue weighted by atomic mass is 19.4. The molecule has 1 saturated heterocycles. The lowest BCUT2D eigenvalue weighted by molar-refractivity contribution is -0.139. The Labute approximate surface area is 163 Å². The molecule has 154 valence electrons. The predicted octanol–water partition coefficient (Wildman–Crippen LogP) is 3.89. The molecule has 1 aromatic carbocycles. The quantitative estimate of drug-likeness (QED) is 0.775. The Morgan fingerprint density at radius 1 is 0.893 bits per heavy atom. The molecule has 0 spiro atoms. The van der Waals surface area contributed by atoms with Crippen LogP contribution in [0.4, 0.5) is 13.2 Å². The molecular weight excluding hydrogens is 369 g/mol. The average Bonchev–Trinajstić information content (AvgIpc) is 3.02. The zero-order valence-electron chi connectivity index (χ0n) is 16.0. The standard InChI is InChI=1S/C21H27F3N2O2/c22-21(23,24)18-9-4-3-8-17(18)15-20(28)26-11-5-10-25(12-13-26)19(27)14-16-6-1-2-7-16/h3-4,8-9,16H,1-2,5-7,10-15H2. The molecule has 2 aliphatic rings. The van der Waals surface area contributed by atoms with Crippen molar-refractivity contribution in [3.8, 4) is 0 Å². The Bertz CT molecular complexity index is 699. The number of benzene rings is 1. The summed E-state index contributed by atoms with van der Waals surface area (Å²) >= 11 is 0. The van der Waals surface area contributed by atoms with Crippen molar-refractivity contribution in [3.63, 3.8) is 0 Å². The van der Waals surface area contributed by atoms with E-state index < -0.39 is 11.7 Å². The largest absolute Gasteiger partial charge is 0.416 e. The number of carbonyl (C=O) groups excluding carboxylic acids is 2. The summed E-state index contributed by atoms with van der Waals surface area (Å²) in [5, 5.41) is 0. The topological polar surface area (TPSA) is 40.6 Å². The third kappa shape index (κ3) is 5.26. The van der Waals surface area contributed by atoms with Gasteiger partial charge in [-0.1, -0.05) is 31.0 Å². The van der Waals surface area contributed by atoms with Gasteiger partial charge in [-0.05, 0) is 36.8 Å². The molecule has 28 heavy (non-hydrogen) atoms. The van der Waals surface area contributed by atoms with Crippen LogP contribution >= 0.6 is 0 Å². The molecular formula is C21H27F3N2O2. The summed E-state index contributed by atoms with van der Waals surface area (Å²) in [6.07, 6.45) is 1.10. The Hall–Kier alpha value is -2.05. The minimum absolute atomic E-state index is 0.00147. The zero-order valence-corrected chi connectivity index (χ0v) is 16.0. The van der Waals surface area contributed by atoms with Gasteiger partial charge in [0.25, 0.3) is 0 Å². The highest BCUT2D eigenvalue weighted by Crippen LogP contribution is 2.32. The van der Waals surface area contributed by atoms with Crippen LogP contribution in [0.15, 0.2) is 24.3 Å². The first kappa shape index (κ1) is 20.7. The molecule has 1 aromatic rings. The summed E-state index contributed by atoms with van der Waals surface area (Å²) in [5.74, 6) is 0.303. The first-order valence-corrected chi connectivity index (χ1v) is 10.1. The maximum Gasteiger partial charge on any atom is 0.416 e. The highest BCUT2D eigenvalue weighted by Gasteiger charge is 2.34. The molecule has 0 unspecified atom stereocenters. The molecule has 1 saturated carbocycles. The summed E-state index contributed by atoms with van der Waals surface area (Å²) in [4.78, 5) is 28.5. The number of halogens is 3. The predicted molar refractivity (Wildman–Crippen MR) is 99.5 cm³/mol. The molecule has 1 aliphatic heterocycles. The van der Waals surface area contributed by atoms with E-state index in [0.717, 1.165) is 18.9 Å². The van der Waals surface area contributed by atoms with Crippen LogP contribution in [0, 0.1) is 5.92 Å². The Balaban J connectivity index is 1.57. The number of nitrogens with zero attached hydrogens (tertiary/aromatic N) is 2. The zero-order chi connectivity index (χ0) is 20.1. The molecule has 2 amide bonds. The van der Waals surface area contributed by atoms with Crippen molar-refractivity contribution in [2.45, 2.75) is 51.1 Å². The lowest BCUT2D eigenvalue weighted by Crippen LogP contribution is -2.38. The maximum atomic E-state index is 13.1. The van der Waals surface area contributed by atoms with Crippen molar-refractivity contribution in [3.05, 3.63) is 35.4 Å². The van der Waals surface area contributed by atoms with Gasteiger partial charge in [-0.25, -0.2) is 0 Å². The van der Waals surface area contributed by atoms with Gasteiger partial charge in [0.05, 0.1) is 12.0 Å². The van der Waals surface area contributed by atoms with E-state index in [1.165, 1.54) is 31.0 Å². The van der Waals surface area contributed by atoms with Gasteiger partial charge in [0.2, 0.25) is 11.8 Å². The first-order chi connectivity index (χ1) is 13.3. The number of amides is 2. The van der Waals surface area contributed by atoms with Crippen molar-refractivity contribution >= 4 is 11.8 Å². The monoisotopic (exact) mass is 396 g/mol. The van der Waals surface area contributed by atoms with E-state index in [1.54, 1.807) is 4.90 Å². The van der Waals surface area contributed by atoms with Gasteiger partial charge in [0.1, 0.15) is 0 Å². The van der Waals surface area contributed by atoms with Gasteiger partial charge in [-0.3, -0.25) is 9.59 Å². The molecule has 0 N–H and O–H groups in total. The van der Waals surface area contributed by atoms with E-state index in [0.29, 0.717) is 44.9 Å². The van der Waals surface area contributed by atoms with Crippen LogP contribution in [0.5, 0.6) is 0 Å². The Kier molecular flexibility index (Phi) is 6.62. The maximum absolute atomic E-state index is 13.1. The third-order valence-electron chi connectivity index (χ3n) is 5.80. The third-order valence-corrected chi connectivity index (χ3v) is 5.80. The van der Waals surface area contributed by atoms with Crippen molar-refractivity contribution in [1.82, 2.24) is 9.80 Å². The lowest BCUT2D eigenvalue weighted by atomic mass is 10.0. The fraction of sp³-hybridized carbons (Fsp3) is 0.619. The normalized spacial score (nSPS) is 19.0. The molecule has 7 heteroatoms. The van der Waals surface area contributed by atoms with E-state index in [1.807, 2.05) is 4.90 Å². The molecule has 2 fully saturated rings. The fourth-order valence-electron chi connectivity index (χ4n) is 4.23. The van der Waals surface area contributed by atoms with Crippen molar-refractivity contribution < 1.29 is 22.8 Å². The number of rotatable bonds is 4. The van der Waals surface area contributed by atoms with E-state index in [-0.39, 0.29) is 23.8 Å². The summed E-state index contributed by atoms with van der Waals surface area (Å²) < 4.78 is 39.4. The summed E-state index contributed by atoms with van der Waals surface area (Å²) in [6, 6.07) is 5.21. The summed E-state index contributed by atoms with van der Waals surface area (Å²) in [6.45, 7) is 1.91. The van der Waals surface area contributed by atoms with Gasteiger partial charge in [0, 0.05) is 32.6 Å². The fourth-order valence-corrected chi connectivity index (χ4v) is 4.23. The smallest absolute Gasteiger partial charge is 0.341 e. The lowest BCUT2D eigenvalue weighted by Gasteiger charge is -2.23. The van der Waals surface area contributed by atoms with E-state index in [9.17, 15) is 22.8 Å². The molecule has 0 atom stereocenters. The Morgan fingerprint density at radius 2 is 1.50 bits per heavy atom. The minimum Gasteiger partial charge on any atom is -0.341 e. The average molecular weight is 396 g/mol. The second-order valence-electron chi connectivity index (χ2n) is 7.80. The van der Waals surface area contributed by atoms with Gasteiger partial charge >= 0.3 is 6.18 Å². The molecule has 3 rings (SSSR count). The SMILES string of the molecule is O=C(Cc1ccccc1C(F)(F)F)N1CCCN(C(=O)CC2CCCC2)CC1. The number of hydrogen-bond acceptors (Lipinski definition) is 2. The van der Waals surface area contributed by atoms with Crippen LogP contribution in [0.2, 0.25) is 0 Å². The van der Waals surface area contributed by atoms with Crippen molar-refractivity contribution in [1.29, 1.82) is 0 Å². The minimum atomic E-state index is -4.47. The van der Waals surface area contributed by atoms with Crippen molar-refractivity contribution in [2.24, 2.45) is 5.92 Å². The van der Waals surface area contributed by atoms with Crippen LogP contribution in [0.1, 0.15) is 49.7 Å². The van der Waals surface area contributed by atoms with Crippen LogP contribution < -0.4 is 0 Å². The molecule has 0 aromatic heterocycles. The van der Waals surface area contributed by atoms with Gasteiger partial charge < -0.3 is 9.80 Å². The van der Waals surface area contributed by atoms with Gasteiger partial charge in [-0.15, -0.1) is 0 Å². The van der Waals surface area contributed by atoms with Crippen LogP contribution in [-0.2, 0) is 22.2 Å². The van der Waals surface area contributed by atoms with Crippen LogP contribution in [0.25, 0.3) is 0 Å². The molecule has 1 heterocycles. The van der Waals surface area contributed by atoms with Crippen molar-refractivity contribution in [2.75, 3.05) is 26.2 Å². The molecule has 1 aliphatic carbocycles. The molecule has 0 radical (unpaired) electrons. The molecule has 0 bridgehead atoms. The number of alkyl halides is 3. The van der Waals surface area contributed by atoms with E-state index >= 15 is 0 Å². The second kappa shape index (κ2) is 8.97. The Morgan fingerprint density at radius 3 is 2.14 bits per heavy atom. The molecule has 4 nitrogen and oxygen atoms in total. The van der Waals surface area contributed by atoms with E-state index in [2.05, 4.69) is 0 Å². The number of carbonyl (C=O) groups is 2. The van der Waals surface area contributed by atoms with E-state index in [4.69, 9.17) is 0 Å². The van der Waals surface area contributed by atoms with Gasteiger partial charge in [0.15, 0.2) is 0 Å². The summed E-state index contributed by atoms with van der Waals surface area (Å²) in [7, 11) is 0. The highest BCUT2D eigenvalue weighted by molar-refractivity contribution is 5.80. The van der Waals surface area contributed by atoms with Crippen LogP contribution in [0.3, 0.4) is 0 Å². The van der Waals surface area contributed by atoms with Crippen LogP contribution in [-0.4, -0.2) is 47.8 Å². The number of hydrogen-bond donors (Lipinski definition) is 0. The first-order valence-electron chi connectivity index (χ1n) is 10.1. The summed E-state index contributed by atoms with van der Waals surface area (Å²) in [5.41, 5.74) is -0.759.